The third kappa shape index (κ3) is 13.5. The second kappa shape index (κ2) is 11.6. The van der Waals surface area contributed by atoms with Crippen molar-refractivity contribution in [3.63, 3.8) is 0 Å². The van der Waals surface area contributed by atoms with Gasteiger partial charge >= 0.3 is 63.1 Å². The summed E-state index contributed by atoms with van der Waals surface area (Å²) in [5.41, 5.74) is 0. The van der Waals surface area contributed by atoms with E-state index in [0.717, 1.165) is 0 Å². The van der Waals surface area contributed by atoms with Crippen LogP contribution in [0.2, 0.25) is 0 Å². The molecule has 0 radical (unpaired) electrons. The van der Waals surface area contributed by atoms with Crippen LogP contribution >= 0.6 is 16.5 Å². The van der Waals surface area contributed by atoms with Gasteiger partial charge in [-0.3, -0.25) is 0 Å². The van der Waals surface area contributed by atoms with E-state index in [2.05, 4.69) is 9.05 Å². The Morgan fingerprint density at radius 1 is 1.23 bits per heavy atom. The SMILES string of the molecule is O=[P+]([O-])OC(CO)O[P+](=O)[O-].[Fe+2].[Na+]. The first-order valence-corrected chi connectivity index (χ1v) is 4.48. The predicted molar refractivity (Wildman–Crippen MR) is 28.3 cm³/mol. The van der Waals surface area contributed by atoms with E-state index in [1.807, 2.05) is 0 Å². The van der Waals surface area contributed by atoms with Crippen molar-refractivity contribution in [2.45, 2.75) is 6.29 Å². The molecular weight excluding hydrogens is 277 g/mol. The smallest absolute Gasteiger partial charge is 0.566 e. The van der Waals surface area contributed by atoms with Gasteiger partial charge in [0.15, 0.2) is 0 Å². The Balaban J connectivity index is -0.000000500. The van der Waals surface area contributed by atoms with Crippen LogP contribution in [0.15, 0.2) is 0 Å². The van der Waals surface area contributed by atoms with Crippen LogP contribution in [-0.4, -0.2) is 18.0 Å². The molecule has 0 bridgehead atoms. The molecule has 0 saturated carbocycles. The molecule has 2 atom stereocenters. The second-order valence-electron chi connectivity index (χ2n) is 1.27. The van der Waals surface area contributed by atoms with E-state index in [0.29, 0.717) is 0 Å². The molecule has 0 aliphatic carbocycles. The van der Waals surface area contributed by atoms with Gasteiger partial charge in [0.2, 0.25) is 0 Å². The summed E-state index contributed by atoms with van der Waals surface area (Å²) in [6.45, 7) is -0.855. The molecule has 11 heteroatoms. The minimum Gasteiger partial charge on any atom is -0.566 e. The second-order valence-corrected chi connectivity index (χ2v) is 2.59. The van der Waals surface area contributed by atoms with E-state index >= 15 is 0 Å². The molecule has 0 spiro atoms. The fraction of sp³-hybridized carbons (Fsp3) is 1.00. The van der Waals surface area contributed by atoms with Crippen molar-refractivity contribution in [3.05, 3.63) is 0 Å². The van der Waals surface area contributed by atoms with Gasteiger partial charge in [0.1, 0.15) is 6.61 Å². The van der Waals surface area contributed by atoms with Crippen LogP contribution < -0.4 is 39.3 Å². The van der Waals surface area contributed by atoms with Gasteiger partial charge in [-0.2, -0.15) is 0 Å². The minimum atomic E-state index is -3.23. The minimum absolute atomic E-state index is 0. The Morgan fingerprint density at radius 2 is 1.54 bits per heavy atom. The van der Waals surface area contributed by atoms with E-state index in [1.165, 1.54) is 0 Å². The van der Waals surface area contributed by atoms with Crippen LogP contribution in [0.5, 0.6) is 0 Å². The van der Waals surface area contributed by atoms with Crippen LogP contribution in [0.25, 0.3) is 0 Å². The Labute approximate surface area is 108 Å². The van der Waals surface area contributed by atoms with Crippen molar-refractivity contribution in [3.8, 4) is 0 Å². The van der Waals surface area contributed by atoms with E-state index in [-0.39, 0.29) is 46.6 Å². The summed E-state index contributed by atoms with van der Waals surface area (Å²) < 4.78 is 27.2. The van der Waals surface area contributed by atoms with E-state index in [1.54, 1.807) is 0 Å². The molecule has 0 heterocycles. The molecule has 0 aliphatic rings. The molecular formula is C2H4FeNaO7P2+3. The summed E-state index contributed by atoms with van der Waals surface area (Å²) in [6.07, 6.45) is -1.67. The zero-order valence-electron chi connectivity index (χ0n) is 6.43. The van der Waals surface area contributed by atoms with Gasteiger partial charge in [-0.15, -0.1) is 9.05 Å². The van der Waals surface area contributed by atoms with E-state index in [9.17, 15) is 18.9 Å². The van der Waals surface area contributed by atoms with Crippen molar-refractivity contribution < 1.29 is 79.7 Å². The number of hydrogen-bond donors (Lipinski definition) is 1. The molecule has 7 nitrogen and oxygen atoms in total. The van der Waals surface area contributed by atoms with E-state index < -0.39 is 29.4 Å². The van der Waals surface area contributed by atoms with Gasteiger partial charge in [-0.25, -0.2) is 0 Å². The summed E-state index contributed by atoms with van der Waals surface area (Å²) >= 11 is 0. The molecule has 0 aromatic heterocycles. The van der Waals surface area contributed by atoms with Crippen molar-refractivity contribution >= 4 is 16.5 Å². The Kier molecular flexibility index (Phi) is 17.8. The molecule has 1 N–H and O–H groups in total. The summed E-state index contributed by atoms with van der Waals surface area (Å²) in [5.74, 6) is 0. The van der Waals surface area contributed by atoms with Crippen LogP contribution in [0, 0.1) is 0 Å². The summed E-state index contributed by atoms with van der Waals surface area (Å²) in [4.78, 5) is 19.6. The van der Waals surface area contributed by atoms with Gasteiger partial charge in [0.25, 0.3) is 6.29 Å². The zero-order valence-corrected chi connectivity index (χ0v) is 11.3. The molecule has 0 rings (SSSR count). The average Bonchev–Trinajstić information content (AvgIpc) is 1.84. The van der Waals surface area contributed by atoms with Crippen molar-refractivity contribution in [2.24, 2.45) is 0 Å². The maximum Gasteiger partial charge on any atom is 2.00 e. The van der Waals surface area contributed by atoms with Crippen LogP contribution in [0.4, 0.5) is 0 Å². The fourth-order valence-corrected chi connectivity index (χ4v) is 0.949. The third-order valence-electron chi connectivity index (χ3n) is 0.556. The van der Waals surface area contributed by atoms with Gasteiger partial charge < -0.3 is 14.9 Å². The largest absolute Gasteiger partial charge is 2.00 e. The Bertz CT molecular complexity index is 151. The first-order chi connectivity index (χ1) is 5.06. The monoisotopic (exact) mass is 281 g/mol. The number of rotatable bonds is 5. The standard InChI is InChI=1S/C2H4O7P2.Fe.Na/c3-1-2(8-10(4)5)9-11(6)7;;/h2-3H,1H2;;/q;+2;+1. The number of hydrogen-bond acceptors (Lipinski definition) is 7. The van der Waals surface area contributed by atoms with Crippen molar-refractivity contribution in [1.82, 2.24) is 0 Å². The third-order valence-corrected chi connectivity index (χ3v) is 1.37. The topological polar surface area (TPSA) is 119 Å². The molecule has 0 amide bonds. The van der Waals surface area contributed by atoms with Gasteiger partial charge in [0, 0.05) is 0 Å². The molecule has 0 aliphatic heterocycles. The normalized spacial score (nSPS) is 13.5. The van der Waals surface area contributed by atoms with Crippen LogP contribution in [0.3, 0.4) is 0 Å². The molecule has 0 aromatic carbocycles. The first-order valence-electron chi connectivity index (χ1n) is 2.29. The maximum absolute atomic E-state index is 9.78. The molecule has 0 saturated heterocycles. The quantitative estimate of drug-likeness (QED) is 0.306. The average molecular weight is 281 g/mol. The zero-order chi connectivity index (χ0) is 8.85. The van der Waals surface area contributed by atoms with Crippen LogP contribution in [0.1, 0.15) is 0 Å². The first kappa shape index (κ1) is 20.0. The number of aliphatic hydroxyl groups excluding tert-OH is 1. The predicted octanol–water partition coefficient (Wildman–Crippen LogP) is -4.63. The van der Waals surface area contributed by atoms with E-state index in [4.69, 9.17) is 5.11 Å². The molecule has 70 valence electrons. The molecule has 0 fully saturated rings. The Morgan fingerprint density at radius 3 is 1.69 bits per heavy atom. The van der Waals surface area contributed by atoms with Gasteiger partial charge in [-0.1, -0.05) is 0 Å². The fourth-order valence-electron chi connectivity index (χ4n) is 0.278. The van der Waals surface area contributed by atoms with Crippen molar-refractivity contribution in [1.29, 1.82) is 0 Å². The summed E-state index contributed by atoms with van der Waals surface area (Å²) in [5, 5.41) is 8.24. The number of aliphatic hydroxyl groups is 1. The van der Waals surface area contributed by atoms with Crippen LogP contribution in [-0.2, 0) is 35.2 Å². The molecule has 2 unspecified atom stereocenters. The molecule has 0 aromatic rings. The molecule has 13 heavy (non-hydrogen) atoms. The van der Waals surface area contributed by atoms with Gasteiger partial charge in [-0.05, 0) is 9.13 Å². The summed E-state index contributed by atoms with van der Waals surface area (Å²) in [6, 6.07) is 0. The summed E-state index contributed by atoms with van der Waals surface area (Å²) in [7, 11) is -6.46. The van der Waals surface area contributed by atoms with Gasteiger partial charge in [0.05, 0.1) is 0 Å². The van der Waals surface area contributed by atoms with Crippen molar-refractivity contribution in [2.75, 3.05) is 6.61 Å². The maximum atomic E-state index is 9.78. The Hall–Kier alpha value is 1.52.